The second-order valence-corrected chi connectivity index (χ2v) is 7.03. The van der Waals surface area contributed by atoms with Crippen molar-refractivity contribution in [3.63, 3.8) is 0 Å². The summed E-state index contributed by atoms with van der Waals surface area (Å²) in [7, 11) is 2.13. The van der Waals surface area contributed by atoms with Crippen LogP contribution in [0, 0.1) is 6.92 Å². The van der Waals surface area contributed by atoms with Crippen molar-refractivity contribution in [2.75, 3.05) is 38.5 Å². The van der Waals surface area contributed by atoms with Gasteiger partial charge in [0.15, 0.2) is 0 Å². The topological polar surface area (TPSA) is 35.6 Å². The molecule has 1 unspecified atom stereocenters. The first-order valence-electron chi connectivity index (χ1n) is 8.57. The van der Waals surface area contributed by atoms with Crippen molar-refractivity contribution < 1.29 is 4.79 Å². The molecule has 1 aliphatic heterocycles. The van der Waals surface area contributed by atoms with Gasteiger partial charge in [-0.2, -0.15) is 0 Å². The van der Waals surface area contributed by atoms with Crippen molar-refractivity contribution in [3.8, 4) is 0 Å². The number of carbonyl (C=O) groups excluding carboxylic acids is 1. The molecule has 1 heterocycles. The Kier molecular flexibility index (Phi) is 5.74. The zero-order valence-electron chi connectivity index (χ0n) is 14.7. The number of hydrogen-bond donors (Lipinski definition) is 1. The molecule has 25 heavy (non-hydrogen) atoms. The molecule has 1 saturated heterocycles. The summed E-state index contributed by atoms with van der Waals surface area (Å²) in [6.07, 6.45) is 0. The number of anilines is 1. The molecule has 0 radical (unpaired) electrons. The third-order valence-electron chi connectivity index (χ3n) is 4.77. The summed E-state index contributed by atoms with van der Waals surface area (Å²) < 4.78 is 0. The average molecular weight is 358 g/mol. The number of benzene rings is 2. The van der Waals surface area contributed by atoms with E-state index in [0.29, 0.717) is 11.6 Å². The van der Waals surface area contributed by atoms with Gasteiger partial charge < -0.3 is 10.2 Å². The van der Waals surface area contributed by atoms with Gasteiger partial charge in [0.1, 0.15) is 0 Å². The number of amides is 1. The predicted octanol–water partition coefficient (Wildman–Crippen LogP) is 3.58. The van der Waals surface area contributed by atoms with E-state index < -0.39 is 0 Å². The highest BCUT2D eigenvalue weighted by atomic mass is 35.5. The highest BCUT2D eigenvalue weighted by Gasteiger charge is 2.28. The van der Waals surface area contributed by atoms with Crippen LogP contribution in [0.1, 0.15) is 17.2 Å². The second kappa shape index (κ2) is 8.00. The summed E-state index contributed by atoms with van der Waals surface area (Å²) in [4.78, 5) is 17.2. The van der Waals surface area contributed by atoms with E-state index in [4.69, 9.17) is 11.6 Å². The molecular weight excluding hydrogens is 334 g/mol. The lowest BCUT2D eigenvalue weighted by Crippen LogP contribution is -2.49. The van der Waals surface area contributed by atoms with Gasteiger partial charge >= 0.3 is 0 Å². The van der Waals surface area contributed by atoms with Crippen LogP contribution in [0.5, 0.6) is 0 Å². The molecule has 132 valence electrons. The predicted molar refractivity (Wildman–Crippen MR) is 103 cm³/mol. The fraction of sp³-hybridized carbons (Fsp3) is 0.350. The number of hydrogen-bond acceptors (Lipinski definition) is 3. The first kappa shape index (κ1) is 17.9. The summed E-state index contributed by atoms with van der Waals surface area (Å²) in [6.45, 7) is 5.05. The van der Waals surface area contributed by atoms with E-state index in [-0.39, 0.29) is 11.9 Å². The van der Waals surface area contributed by atoms with Crippen molar-refractivity contribution in [2.24, 2.45) is 0 Å². The van der Waals surface area contributed by atoms with Crippen LogP contribution < -0.4 is 5.32 Å². The normalized spacial score (nSPS) is 18.9. The molecule has 1 amide bonds. The summed E-state index contributed by atoms with van der Waals surface area (Å²) in [5, 5.41) is 3.67. The van der Waals surface area contributed by atoms with Gasteiger partial charge in [-0.15, -0.1) is 0 Å². The van der Waals surface area contributed by atoms with Gasteiger partial charge in [0.2, 0.25) is 5.91 Å². The van der Waals surface area contributed by atoms with Crippen LogP contribution in [0.4, 0.5) is 5.69 Å². The van der Waals surface area contributed by atoms with Gasteiger partial charge in [-0.3, -0.25) is 9.69 Å². The van der Waals surface area contributed by atoms with Crippen molar-refractivity contribution in [3.05, 3.63) is 64.7 Å². The Hall–Kier alpha value is -1.88. The molecule has 0 aromatic heterocycles. The van der Waals surface area contributed by atoms with E-state index in [2.05, 4.69) is 46.4 Å². The van der Waals surface area contributed by atoms with Crippen LogP contribution in [-0.4, -0.2) is 48.9 Å². The largest absolute Gasteiger partial charge is 0.325 e. The van der Waals surface area contributed by atoms with E-state index >= 15 is 0 Å². The maximum atomic E-state index is 12.6. The Bertz CT molecular complexity index is 735. The van der Waals surface area contributed by atoms with Crippen LogP contribution >= 0.6 is 11.6 Å². The van der Waals surface area contributed by atoms with Gasteiger partial charge in [-0.05, 0) is 37.2 Å². The molecule has 1 atom stereocenters. The SMILES string of the molecule is Cc1c(Cl)cccc1NC(=O)CN1CCN(C)CC1c1ccccc1. The molecule has 0 bridgehead atoms. The molecule has 0 aliphatic carbocycles. The zero-order valence-corrected chi connectivity index (χ0v) is 15.5. The van der Waals surface area contributed by atoms with Gasteiger partial charge in [-0.25, -0.2) is 0 Å². The maximum absolute atomic E-state index is 12.6. The number of likely N-dealkylation sites (N-methyl/N-ethyl adjacent to an activating group) is 1. The second-order valence-electron chi connectivity index (χ2n) is 6.62. The van der Waals surface area contributed by atoms with Gasteiger partial charge in [-0.1, -0.05) is 48.0 Å². The molecule has 1 aliphatic rings. The lowest BCUT2D eigenvalue weighted by molar-refractivity contribution is -0.118. The van der Waals surface area contributed by atoms with Crippen molar-refractivity contribution in [2.45, 2.75) is 13.0 Å². The third kappa shape index (κ3) is 4.40. The molecule has 2 aromatic rings. The summed E-state index contributed by atoms with van der Waals surface area (Å²) >= 11 is 6.14. The average Bonchev–Trinajstić information content (AvgIpc) is 2.61. The van der Waals surface area contributed by atoms with Crippen molar-refractivity contribution in [1.29, 1.82) is 0 Å². The number of nitrogens with zero attached hydrogens (tertiary/aromatic N) is 2. The summed E-state index contributed by atoms with van der Waals surface area (Å²) in [5.41, 5.74) is 2.93. The quantitative estimate of drug-likeness (QED) is 0.908. The van der Waals surface area contributed by atoms with Crippen LogP contribution in [0.2, 0.25) is 5.02 Å². The Balaban J connectivity index is 1.71. The Labute approximate surface area is 154 Å². The van der Waals surface area contributed by atoms with Gasteiger partial charge in [0, 0.05) is 36.4 Å². The Morgan fingerprint density at radius 3 is 2.68 bits per heavy atom. The highest BCUT2D eigenvalue weighted by Crippen LogP contribution is 2.26. The first-order valence-corrected chi connectivity index (χ1v) is 8.95. The Morgan fingerprint density at radius 2 is 1.92 bits per heavy atom. The molecule has 0 saturated carbocycles. The van der Waals surface area contributed by atoms with E-state index in [1.807, 2.05) is 31.2 Å². The third-order valence-corrected chi connectivity index (χ3v) is 5.18. The minimum absolute atomic E-state index is 0.00384. The summed E-state index contributed by atoms with van der Waals surface area (Å²) in [6, 6.07) is 16.2. The zero-order chi connectivity index (χ0) is 17.8. The van der Waals surface area contributed by atoms with Crippen molar-refractivity contribution in [1.82, 2.24) is 9.80 Å². The first-order chi connectivity index (χ1) is 12.0. The molecule has 3 rings (SSSR count). The standard InChI is InChI=1S/C20H24ClN3O/c1-15-17(21)9-6-10-18(15)22-20(25)14-24-12-11-23(2)13-19(24)16-7-4-3-5-8-16/h3-10,19H,11-14H2,1-2H3,(H,22,25). The number of carbonyl (C=O) groups is 1. The summed E-state index contributed by atoms with van der Waals surface area (Å²) in [5.74, 6) is -0.00384. The smallest absolute Gasteiger partial charge is 0.238 e. The van der Waals surface area contributed by atoms with E-state index in [0.717, 1.165) is 30.9 Å². The van der Waals surface area contributed by atoms with Crippen LogP contribution in [-0.2, 0) is 4.79 Å². The molecule has 5 heteroatoms. The minimum atomic E-state index is -0.00384. The van der Waals surface area contributed by atoms with E-state index in [1.165, 1.54) is 5.56 Å². The lowest BCUT2D eigenvalue weighted by atomic mass is 10.0. The molecule has 4 nitrogen and oxygen atoms in total. The Morgan fingerprint density at radius 1 is 1.16 bits per heavy atom. The monoisotopic (exact) mass is 357 g/mol. The van der Waals surface area contributed by atoms with Crippen LogP contribution in [0.25, 0.3) is 0 Å². The fourth-order valence-electron chi connectivity index (χ4n) is 3.25. The molecular formula is C20H24ClN3O. The van der Waals surface area contributed by atoms with E-state index in [9.17, 15) is 4.79 Å². The number of piperazine rings is 1. The van der Waals surface area contributed by atoms with Crippen LogP contribution in [0.3, 0.4) is 0 Å². The van der Waals surface area contributed by atoms with Crippen molar-refractivity contribution >= 4 is 23.2 Å². The van der Waals surface area contributed by atoms with Gasteiger partial charge in [0.25, 0.3) is 0 Å². The molecule has 1 N–H and O–H groups in total. The number of nitrogens with one attached hydrogen (secondary N) is 1. The molecule has 2 aromatic carbocycles. The van der Waals surface area contributed by atoms with Gasteiger partial charge in [0.05, 0.1) is 6.54 Å². The van der Waals surface area contributed by atoms with Crippen LogP contribution in [0.15, 0.2) is 48.5 Å². The maximum Gasteiger partial charge on any atom is 0.238 e. The molecule has 0 spiro atoms. The fourth-order valence-corrected chi connectivity index (χ4v) is 3.43. The lowest BCUT2D eigenvalue weighted by Gasteiger charge is -2.40. The number of halogens is 1. The molecule has 1 fully saturated rings. The highest BCUT2D eigenvalue weighted by molar-refractivity contribution is 6.31. The number of rotatable bonds is 4. The minimum Gasteiger partial charge on any atom is -0.325 e. The van der Waals surface area contributed by atoms with E-state index in [1.54, 1.807) is 0 Å².